The monoisotopic (exact) mass is 315 g/mol. The van der Waals surface area contributed by atoms with Crippen molar-refractivity contribution in [2.45, 2.75) is 70.5 Å². The Kier molecular flexibility index (Phi) is 6.01. The van der Waals surface area contributed by atoms with E-state index in [-0.39, 0.29) is 0 Å². The molecule has 0 atom stereocenters. The molecule has 0 fully saturated rings. The third-order valence-corrected chi connectivity index (χ3v) is 5.04. The Morgan fingerprint density at radius 2 is 1.95 bits per heavy atom. The van der Waals surface area contributed by atoms with Gasteiger partial charge in [-0.05, 0) is 26.3 Å². The summed E-state index contributed by atoms with van der Waals surface area (Å²) in [5.41, 5.74) is 0.525. The lowest BCUT2D eigenvalue weighted by atomic mass is 10.0. The van der Waals surface area contributed by atoms with Gasteiger partial charge in [0.25, 0.3) is 0 Å². The van der Waals surface area contributed by atoms with Gasteiger partial charge in [0.15, 0.2) is 0 Å². The lowest BCUT2D eigenvalue weighted by Crippen LogP contribution is -2.43. The maximum atomic E-state index is 12.5. The quantitative estimate of drug-likeness (QED) is 0.774. The van der Waals surface area contributed by atoms with Crippen molar-refractivity contribution < 1.29 is 8.42 Å². The fraction of sp³-hybridized carbons (Fsp3) is 0.733. The summed E-state index contributed by atoms with van der Waals surface area (Å²) in [4.78, 5) is 0.328. The number of sulfonamides is 1. The number of hydrogen-bond donors (Lipinski definition) is 2. The normalized spacial score (nSPS) is 13.1. The highest BCUT2D eigenvalue weighted by Gasteiger charge is 2.26. The smallest absolute Gasteiger partial charge is 0.242 e. The lowest BCUT2D eigenvalue weighted by Gasteiger charge is -2.25. The van der Waals surface area contributed by atoms with Crippen molar-refractivity contribution in [2.24, 2.45) is 7.05 Å². The summed E-state index contributed by atoms with van der Waals surface area (Å²) in [6.45, 7) is 10.7. The maximum Gasteiger partial charge on any atom is 0.242 e. The molecule has 0 saturated carbocycles. The molecule has 0 amide bonds. The molecular formula is C15H29N3O2S. The first-order valence-electron chi connectivity index (χ1n) is 7.50. The Bertz CT molecular complexity index is 559. The largest absolute Gasteiger partial charge is 0.352 e. The highest BCUT2D eigenvalue weighted by atomic mass is 32.2. The third kappa shape index (κ3) is 5.45. The van der Waals surface area contributed by atoms with E-state index >= 15 is 0 Å². The summed E-state index contributed by atoms with van der Waals surface area (Å²) >= 11 is 0. The van der Waals surface area contributed by atoms with Crippen LogP contribution in [0.1, 0.15) is 53.2 Å². The number of aromatic nitrogens is 1. The molecule has 1 heterocycles. The summed E-state index contributed by atoms with van der Waals surface area (Å²) in [6.07, 6.45) is 3.41. The van der Waals surface area contributed by atoms with Crippen molar-refractivity contribution in [1.29, 1.82) is 0 Å². The highest BCUT2D eigenvalue weighted by molar-refractivity contribution is 7.89. The summed E-state index contributed by atoms with van der Waals surface area (Å²) in [7, 11) is -1.61. The van der Waals surface area contributed by atoms with Crippen molar-refractivity contribution in [3.05, 3.63) is 18.0 Å². The van der Waals surface area contributed by atoms with E-state index in [2.05, 4.69) is 23.9 Å². The van der Waals surface area contributed by atoms with E-state index in [1.54, 1.807) is 12.3 Å². The minimum absolute atomic E-state index is 0.328. The molecule has 5 nitrogen and oxygen atoms in total. The fourth-order valence-corrected chi connectivity index (χ4v) is 3.84. The van der Waals surface area contributed by atoms with E-state index in [0.29, 0.717) is 17.5 Å². The molecule has 6 heteroatoms. The van der Waals surface area contributed by atoms with E-state index in [4.69, 9.17) is 0 Å². The molecule has 0 spiro atoms. The zero-order valence-corrected chi connectivity index (χ0v) is 14.8. The second-order valence-electron chi connectivity index (χ2n) is 6.55. The zero-order chi connectivity index (χ0) is 16.3. The van der Waals surface area contributed by atoms with Crippen molar-refractivity contribution in [3.63, 3.8) is 0 Å². The predicted molar refractivity (Wildman–Crippen MR) is 86.7 cm³/mol. The second-order valence-corrected chi connectivity index (χ2v) is 8.24. The van der Waals surface area contributed by atoms with Crippen LogP contribution >= 0.6 is 0 Å². The molecule has 0 bridgehead atoms. The molecule has 1 aromatic heterocycles. The first-order chi connectivity index (χ1) is 9.57. The fourth-order valence-electron chi connectivity index (χ4n) is 2.31. The molecule has 122 valence electrons. The van der Waals surface area contributed by atoms with Crippen LogP contribution in [0, 0.1) is 0 Å². The number of nitrogens with zero attached hydrogens (tertiary/aromatic N) is 1. The van der Waals surface area contributed by atoms with Crippen LogP contribution in [0.15, 0.2) is 17.2 Å². The van der Waals surface area contributed by atoms with Crippen LogP contribution in [0.3, 0.4) is 0 Å². The molecule has 0 aliphatic rings. The molecule has 0 saturated heterocycles. The first-order valence-corrected chi connectivity index (χ1v) is 8.98. The van der Waals surface area contributed by atoms with Gasteiger partial charge in [-0.1, -0.05) is 27.2 Å². The van der Waals surface area contributed by atoms with Crippen LogP contribution in [-0.4, -0.2) is 24.6 Å². The van der Waals surface area contributed by atoms with E-state index in [1.165, 1.54) is 0 Å². The van der Waals surface area contributed by atoms with Crippen molar-refractivity contribution in [1.82, 2.24) is 14.6 Å². The second kappa shape index (κ2) is 6.94. The van der Waals surface area contributed by atoms with Crippen LogP contribution in [0.5, 0.6) is 0 Å². The molecule has 0 aliphatic carbocycles. The molecule has 0 aliphatic heterocycles. The van der Waals surface area contributed by atoms with Crippen molar-refractivity contribution >= 4 is 10.0 Å². The molecule has 2 N–H and O–H groups in total. The Morgan fingerprint density at radius 3 is 2.48 bits per heavy atom. The van der Waals surface area contributed by atoms with Gasteiger partial charge in [-0.25, -0.2) is 13.1 Å². The van der Waals surface area contributed by atoms with E-state index in [1.807, 2.05) is 32.4 Å². The summed E-state index contributed by atoms with van der Waals surface area (Å²) in [6, 6.07) is 2.10. The van der Waals surface area contributed by atoms with Gasteiger partial charge in [-0.3, -0.25) is 0 Å². The molecule has 0 aromatic carbocycles. The van der Waals surface area contributed by atoms with Gasteiger partial charge < -0.3 is 9.88 Å². The van der Waals surface area contributed by atoms with Crippen LogP contribution in [-0.2, 0) is 23.6 Å². The number of hydrogen-bond acceptors (Lipinski definition) is 3. The van der Waals surface area contributed by atoms with E-state index in [0.717, 1.165) is 18.5 Å². The average molecular weight is 315 g/mol. The van der Waals surface area contributed by atoms with Gasteiger partial charge in [-0.15, -0.1) is 0 Å². The summed E-state index contributed by atoms with van der Waals surface area (Å²) in [5, 5.41) is 3.30. The molecular weight excluding hydrogens is 286 g/mol. The maximum absolute atomic E-state index is 12.5. The van der Waals surface area contributed by atoms with Crippen molar-refractivity contribution in [3.8, 4) is 0 Å². The Labute approximate surface area is 129 Å². The molecule has 21 heavy (non-hydrogen) atoms. The van der Waals surface area contributed by atoms with Gasteiger partial charge in [-0.2, -0.15) is 0 Å². The zero-order valence-electron chi connectivity index (χ0n) is 14.0. The molecule has 1 aromatic rings. The van der Waals surface area contributed by atoms with E-state index in [9.17, 15) is 8.42 Å². The summed E-state index contributed by atoms with van der Waals surface area (Å²) in [5.74, 6) is 0. The number of rotatable bonds is 8. The van der Waals surface area contributed by atoms with Crippen LogP contribution < -0.4 is 10.0 Å². The molecule has 0 unspecified atom stereocenters. The van der Waals surface area contributed by atoms with Crippen molar-refractivity contribution in [2.75, 3.05) is 0 Å². The minimum atomic E-state index is -3.48. The van der Waals surface area contributed by atoms with Gasteiger partial charge in [0.2, 0.25) is 10.0 Å². The molecule has 0 radical (unpaired) electrons. The van der Waals surface area contributed by atoms with Crippen LogP contribution in [0.25, 0.3) is 0 Å². The summed E-state index contributed by atoms with van der Waals surface area (Å²) < 4.78 is 29.6. The lowest BCUT2D eigenvalue weighted by molar-refractivity contribution is 0.417. The Balaban J connectivity index is 2.92. The van der Waals surface area contributed by atoms with Gasteiger partial charge >= 0.3 is 0 Å². The van der Waals surface area contributed by atoms with E-state index < -0.39 is 15.6 Å². The third-order valence-electron chi connectivity index (χ3n) is 3.37. The Hall–Kier alpha value is -0.850. The standard InChI is InChI=1S/C15H29N3O2S/c1-7-8-15(4,5)17-21(19,20)14-9-13(18(6)11-14)10-16-12(2)3/h9,11-12,16-17H,7-8,10H2,1-6H3. The van der Waals surface area contributed by atoms with Crippen LogP contribution in [0.4, 0.5) is 0 Å². The minimum Gasteiger partial charge on any atom is -0.352 e. The number of aryl methyl sites for hydroxylation is 1. The SMILES string of the molecule is CCCC(C)(C)NS(=O)(=O)c1cc(CNC(C)C)n(C)c1. The highest BCUT2D eigenvalue weighted by Crippen LogP contribution is 2.19. The van der Waals surface area contributed by atoms with Crippen LogP contribution in [0.2, 0.25) is 0 Å². The molecule has 1 rings (SSSR count). The topological polar surface area (TPSA) is 63.1 Å². The first kappa shape index (κ1) is 18.2. The number of nitrogens with one attached hydrogen (secondary N) is 2. The van der Waals surface area contributed by atoms with Gasteiger partial charge in [0.1, 0.15) is 0 Å². The Morgan fingerprint density at radius 1 is 1.33 bits per heavy atom. The predicted octanol–water partition coefficient (Wildman–Crippen LogP) is 2.38. The van der Waals surface area contributed by atoms with Gasteiger partial charge in [0, 0.05) is 37.1 Å². The van der Waals surface area contributed by atoms with Gasteiger partial charge in [0.05, 0.1) is 4.90 Å². The average Bonchev–Trinajstić information content (AvgIpc) is 2.67.